The van der Waals surface area contributed by atoms with Crippen molar-refractivity contribution in [3.8, 4) is 5.75 Å². The van der Waals surface area contributed by atoms with Crippen molar-refractivity contribution >= 4 is 35.0 Å². The van der Waals surface area contributed by atoms with Crippen molar-refractivity contribution < 1.29 is 59.1 Å². The van der Waals surface area contributed by atoms with Gasteiger partial charge in [0.1, 0.15) is 79.1 Å². The fourth-order valence-corrected chi connectivity index (χ4v) is 11.2. The van der Waals surface area contributed by atoms with Gasteiger partial charge in [-0.1, -0.05) is 26.2 Å². The molecule has 3 unspecified atom stereocenters. The van der Waals surface area contributed by atoms with Gasteiger partial charge >= 0.3 is 0 Å². The number of amides is 1. The van der Waals surface area contributed by atoms with E-state index in [1.54, 1.807) is 31.5 Å². The first-order chi connectivity index (χ1) is 29.8. The number of aliphatic imine (C=N–C) groups is 2. The highest BCUT2D eigenvalue weighted by Crippen LogP contribution is 2.50. The van der Waals surface area contributed by atoms with E-state index in [-0.39, 0.29) is 36.3 Å². The van der Waals surface area contributed by atoms with Gasteiger partial charge in [0.05, 0.1) is 17.4 Å². The lowest BCUT2D eigenvalue weighted by Crippen LogP contribution is -3.11. The predicted octanol–water partition coefficient (Wildman–Crippen LogP) is 0.306. The molecule has 62 heavy (non-hydrogen) atoms. The third kappa shape index (κ3) is 7.22. The Balaban J connectivity index is 1.05. The number of aliphatic hydroxyl groups is 5. The van der Waals surface area contributed by atoms with Crippen molar-refractivity contribution in [3.63, 3.8) is 0 Å². The molecule has 1 aromatic heterocycles. The number of benzene rings is 1. The summed E-state index contributed by atoms with van der Waals surface area (Å²) in [6.45, 7) is 5.09. The highest BCUT2D eigenvalue weighted by Gasteiger charge is 2.54. The minimum atomic E-state index is -2.36. The number of hydrogen-bond donors (Lipinski definition) is 8. The molecule has 0 bridgehead atoms. The molecule has 1 aliphatic carbocycles. The molecule has 10 atom stereocenters. The van der Waals surface area contributed by atoms with Crippen LogP contribution in [0.4, 0.5) is 5.69 Å². The molecule has 7 aliphatic rings. The second kappa shape index (κ2) is 16.6. The topological polar surface area (TPSA) is 222 Å². The lowest BCUT2D eigenvalue weighted by molar-refractivity contribution is -0.856. The van der Waals surface area contributed by atoms with Crippen LogP contribution in [0.1, 0.15) is 76.5 Å². The lowest BCUT2D eigenvalue weighted by atomic mass is 9.65. The maximum absolute atomic E-state index is 13.7. The molecule has 2 fully saturated rings. The SMILES string of the molecule is CCC1C2=CC=NC2=C[NH+]1c1c2c(cc3c(=O)cc(C)oc13)C[C@@H](OOC[C@H](O)[C@](O)(C[NH+]1CC=C3N=CC=C31)[C@H](O)[C@H](O)CO)[C@@](C)(CC[C@@H]1CNC(=O)C13CCCCC3)O2. The molecule has 0 radical (unpaired) electrons. The van der Waals surface area contributed by atoms with E-state index in [1.807, 2.05) is 19.1 Å². The molecule has 1 amide bonds. The standard InChI is InChI=1S/C46H57N5O11/c1-4-33-29-9-15-48-32(29)22-51(33)39-40-27(19-30-35(53)18-26(2)60-41(30)39)20-38(44(3,61-40)14-8-28-21-49-43(57)45(28)12-6-5-7-13-45)62-59-24-37(55)46(58,42(56)36(54)23-52)25-50-17-11-31-34(50)10-16-47-31/h9-11,15-16,18-19,22,28,33,36-38,42,52,54-56,58H,4-8,12-14,17,20-21,23-25H2,1-3H3,(H,49,57)/p+2/t28-,33?,36-,37+,38-,42-,44-,46-/m1/s1. The van der Waals surface area contributed by atoms with Crippen LogP contribution in [0.2, 0.25) is 0 Å². The monoisotopic (exact) mass is 857 g/mol. The van der Waals surface area contributed by atoms with Crippen LogP contribution in [0.15, 0.2) is 78.4 Å². The number of carbonyl (C=O) groups is 1. The first kappa shape index (κ1) is 42.9. The number of ether oxygens (including phenoxy) is 1. The molecule has 2 aromatic rings. The average molecular weight is 858 g/mol. The summed E-state index contributed by atoms with van der Waals surface area (Å²) in [6.07, 6.45) is 11.7. The fourth-order valence-electron chi connectivity index (χ4n) is 11.2. The Morgan fingerprint density at radius 2 is 1.85 bits per heavy atom. The minimum Gasteiger partial charge on any atom is -0.478 e. The van der Waals surface area contributed by atoms with Crippen LogP contribution in [-0.2, 0) is 21.0 Å². The van der Waals surface area contributed by atoms with Gasteiger partial charge in [0.15, 0.2) is 22.5 Å². The lowest BCUT2D eigenvalue weighted by Gasteiger charge is -2.44. The zero-order valence-electron chi connectivity index (χ0n) is 35.6. The normalized spacial score (nSPS) is 30.5. The summed E-state index contributed by atoms with van der Waals surface area (Å²) in [7, 11) is 0. The van der Waals surface area contributed by atoms with E-state index >= 15 is 0 Å². The molecule has 1 saturated heterocycles. The average Bonchev–Trinajstić information content (AvgIpc) is 4.10. The van der Waals surface area contributed by atoms with Crippen LogP contribution in [-0.4, -0.2) is 118 Å². The molecule has 1 aromatic carbocycles. The summed E-state index contributed by atoms with van der Waals surface area (Å²) >= 11 is 0. The Hall–Kier alpha value is -4.36. The molecule has 8 N–H and O–H groups in total. The van der Waals surface area contributed by atoms with Crippen LogP contribution in [0, 0.1) is 18.3 Å². The molecular formula is C46H59N5O11+2. The first-order valence-corrected chi connectivity index (χ1v) is 22.2. The van der Waals surface area contributed by atoms with Crippen molar-refractivity contribution in [2.24, 2.45) is 21.3 Å². The van der Waals surface area contributed by atoms with Gasteiger partial charge in [0, 0.05) is 61.2 Å². The van der Waals surface area contributed by atoms with Gasteiger partial charge < -0.3 is 40.0 Å². The largest absolute Gasteiger partial charge is 0.478 e. The highest BCUT2D eigenvalue weighted by molar-refractivity contribution is 5.91. The van der Waals surface area contributed by atoms with Crippen LogP contribution < -0.4 is 25.3 Å². The van der Waals surface area contributed by atoms with Crippen molar-refractivity contribution in [2.45, 2.75) is 120 Å². The Kier molecular flexibility index (Phi) is 11.5. The second-order valence-corrected chi connectivity index (χ2v) is 18.5. The van der Waals surface area contributed by atoms with Gasteiger partial charge in [-0.25, -0.2) is 9.78 Å². The highest BCUT2D eigenvalue weighted by atomic mass is 17.2. The third-order valence-electron chi connectivity index (χ3n) is 14.8. The molecule has 9 rings (SSSR count). The Morgan fingerprint density at radius 3 is 2.63 bits per heavy atom. The third-order valence-corrected chi connectivity index (χ3v) is 14.8. The zero-order valence-corrected chi connectivity index (χ0v) is 35.6. The molecule has 7 heterocycles. The van der Waals surface area contributed by atoms with Gasteiger partial charge in [-0.15, -0.1) is 0 Å². The number of allylic oxidation sites excluding steroid dienone is 2. The second-order valence-electron chi connectivity index (χ2n) is 18.5. The summed E-state index contributed by atoms with van der Waals surface area (Å²) in [5.41, 5.74) is 1.18. The fraction of sp³-hybridized carbons (Fsp3) is 0.565. The van der Waals surface area contributed by atoms with Crippen molar-refractivity contribution in [2.75, 3.05) is 32.8 Å². The summed E-state index contributed by atoms with van der Waals surface area (Å²) < 4.78 is 13.7. The molecular weight excluding hydrogens is 799 g/mol. The minimum absolute atomic E-state index is 0.0240. The Bertz CT molecular complexity index is 2360. The number of carbonyl (C=O) groups excluding carboxylic acids is 1. The predicted molar refractivity (Wildman–Crippen MR) is 227 cm³/mol. The molecule has 16 nitrogen and oxygen atoms in total. The maximum atomic E-state index is 13.7. The van der Waals surface area contributed by atoms with Crippen molar-refractivity contribution in [1.82, 2.24) is 5.32 Å². The van der Waals surface area contributed by atoms with Crippen molar-refractivity contribution in [1.29, 1.82) is 0 Å². The zero-order chi connectivity index (χ0) is 43.6. The molecule has 1 spiro atoms. The van der Waals surface area contributed by atoms with E-state index < -0.39 is 54.2 Å². The smallest absolute Gasteiger partial charge is 0.226 e. The van der Waals surface area contributed by atoms with E-state index in [0.717, 1.165) is 66.1 Å². The number of aliphatic hydroxyl groups excluding tert-OH is 4. The van der Waals surface area contributed by atoms with Crippen LogP contribution in [0.5, 0.6) is 5.75 Å². The molecule has 332 valence electrons. The van der Waals surface area contributed by atoms with Gasteiger partial charge in [-0.3, -0.25) is 29.4 Å². The Morgan fingerprint density at radius 1 is 1.08 bits per heavy atom. The van der Waals surface area contributed by atoms with Gasteiger partial charge in [0.25, 0.3) is 0 Å². The maximum Gasteiger partial charge on any atom is 0.226 e. The Labute approximate surface area is 359 Å². The van der Waals surface area contributed by atoms with E-state index in [0.29, 0.717) is 64.6 Å². The van der Waals surface area contributed by atoms with E-state index in [9.17, 15) is 35.1 Å². The number of aryl methyl sites for hydroxylation is 1. The van der Waals surface area contributed by atoms with E-state index in [4.69, 9.17) is 18.9 Å². The number of fused-ring (bicyclic) bond motifs is 4. The number of quaternary nitrogens is 2. The van der Waals surface area contributed by atoms with Gasteiger partial charge in [0.2, 0.25) is 17.2 Å². The van der Waals surface area contributed by atoms with E-state index in [2.05, 4.69) is 28.4 Å². The summed E-state index contributed by atoms with van der Waals surface area (Å²) in [6, 6.07) is 3.24. The van der Waals surface area contributed by atoms with Gasteiger partial charge in [-0.2, -0.15) is 0 Å². The summed E-state index contributed by atoms with van der Waals surface area (Å²) in [5.74, 6) is 1.22. The molecule has 1 saturated carbocycles. The number of hydrogen-bond acceptors (Lipinski definition) is 13. The first-order valence-electron chi connectivity index (χ1n) is 22.2. The van der Waals surface area contributed by atoms with Crippen LogP contribution in [0.3, 0.4) is 0 Å². The molecule has 6 aliphatic heterocycles. The van der Waals surface area contributed by atoms with Crippen LogP contribution >= 0.6 is 0 Å². The molecule has 16 heteroatoms. The number of rotatable bonds is 15. The van der Waals surface area contributed by atoms with Crippen LogP contribution in [0.25, 0.3) is 11.0 Å². The number of nitrogens with zero attached hydrogens (tertiary/aromatic N) is 2. The summed E-state index contributed by atoms with van der Waals surface area (Å²) in [4.78, 5) is 49.8. The summed E-state index contributed by atoms with van der Waals surface area (Å²) in [5, 5.41) is 58.6. The number of nitrogens with one attached hydrogen (secondary N) is 3. The van der Waals surface area contributed by atoms with Gasteiger partial charge in [-0.05, 0) is 57.6 Å². The quantitative estimate of drug-likeness (QED) is 0.0900. The van der Waals surface area contributed by atoms with E-state index in [1.165, 1.54) is 6.07 Å². The van der Waals surface area contributed by atoms with Crippen molar-refractivity contribution in [3.05, 3.63) is 80.8 Å².